The lowest BCUT2D eigenvalue weighted by atomic mass is 10.2. The van der Waals surface area contributed by atoms with Gasteiger partial charge in [0.25, 0.3) is 0 Å². The normalized spacial score (nSPS) is 14.5. The Morgan fingerprint density at radius 1 is 1.38 bits per heavy atom. The van der Waals surface area contributed by atoms with Crippen molar-refractivity contribution in [1.29, 1.82) is 0 Å². The van der Waals surface area contributed by atoms with Gasteiger partial charge in [-0.25, -0.2) is 9.59 Å². The van der Waals surface area contributed by atoms with Crippen molar-refractivity contribution in [3.05, 3.63) is 0 Å². The first-order chi connectivity index (χ1) is 5.86. The number of amides is 2. The second kappa shape index (κ2) is 4.66. The number of hydrogen-bond acceptors (Lipinski definition) is 3. The average molecular weight is 190 g/mol. The van der Waals surface area contributed by atoms with Crippen LogP contribution in [-0.2, 0) is 4.79 Å². The van der Waals surface area contributed by atoms with E-state index < -0.39 is 24.1 Å². The van der Waals surface area contributed by atoms with E-state index in [2.05, 4.69) is 5.32 Å². The fraction of sp³-hybridized carbons (Fsp3) is 0.714. The third-order valence-corrected chi connectivity index (χ3v) is 1.43. The Hall–Kier alpha value is -1.30. The lowest BCUT2D eigenvalue weighted by Crippen LogP contribution is -2.50. The maximum absolute atomic E-state index is 11.0. The second-order valence-electron chi connectivity index (χ2n) is 2.90. The van der Waals surface area contributed by atoms with Crippen molar-refractivity contribution < 1.29 is 19.8 Å². The number of carboxylic acids is 1. The summed E-state index contributed by atoms with van der Waals surface area (Å²) in [6.45, 7) is 1.30. The maximum atomic E-state index is 11.0. The average Bonchev–Trinajstić information content (AvgIpc) is 1.97. The van der Waals surface area contributed by atoms with Crippen LogP contribution in [0, 0.1) is 0 Å². The van der Waals surface area contributed by atoms with Crippen LogP contribution in [0.5, 0.6) is 0 Å². The first kappa shape index (κ1) is 11.7. The van der Waals surface area contributed by atoms with Crippen molar-refractivity contribution in [1.82, 2.24) is 10.2 Å². The first-order valence-corrected chi connectivity index (χ1v) is 3.75. The van der Waals surface area contributed by atoms with Gasteiger partial charge in [0.05, 0.1) is 6.10 Å². The number of carboxylic acid groups (broad SMARTS) is 1. The highest BCUT2D eigenvalue weighted by atomic mass is 16.4. The monoisotopic (exact) mass is 190 g/mol. The topological polar surface area (TPSA) is 89.9 Å². The van der Waals surface area contributed by atoms with Crippen molar-refractivity contribution in [2.24, 2.45) is 0 Å². The highest BCUT2D eigenvalue weighted by Crippen LogP contribution is 1.93. The zero-order valence-electron chi connectivity index (χ0n) is 7.81. The fourth-order valence-corrected chi connectivity index (χ4v) is 0.651. The van der Waals surface area contributed by atoms with Crippen molar-refractivity contribution in [3.8, 4) is 0 Å². The summed E-state index contributed by atoms with van der Waals surface area (Å²) in [7, 11) is 2.96. The summed E-state index contributed by atoms with van der Waals surface area (Å²) in [5.41, 5.74) is 0. The number of hydrogen-bond donors (Lipinski definition) is 3. The van der Waals surface area contributed by atoms with Crippen molar-refractivity contribution in [2.45, 2.75) is 19.1 Å². The zero-order chi connectivity index (χ0) is 10.6. The number of aliphatic hydroxyl groups is 1. The molecule has 0 aliphatic rings. The minimum atomic E-state index is -1.27. The Morgan fingerprint density at radius 3 is 2.08 bits per heavy atom. The van der Waals surface area contributed by atoms with Crippen LogP contribution in [0.4, 0.5) is 4.79 Å². The molecule has 0 unspecified atom stereocenters. The van der Waals surface area contributed by atoms with E-state index in [-0.39, 0.29) is 0 Å². The van der Waals surface area contributed by atoms with Crippen LogP contribution in [0.15, 0.2) is 0 Å². The molecule has 13 heavy (non-hydrogen) atoms. The molecule has 2 atom stereocenters. The van der Waals surface area contributed by atoms with Crippen LogP contribution in [0.1, 0.15) is 6.92 Å². The molecule has 0 radical (unpaired) electrons. The molecule has 76 valence electrons. The van der Waals surface area contributed by atoms with E-state index in [9.17, 15) is 9.59 Å². The predicted molar refractivity (Wildman–Crippen MR) is 45.3 cm³/mol. The number of aliphatic carboxylic acids is 1. The molecule has 0 aromatic rings. The molecule has 0 aromatic carbocycles. The largest absolute Gasteiger partial charge is 0.480 e. The molecule has 0 aliphatic heterocycles. The van der Waals surface area contributed by atoms with Gasteiger partial charge in [-0.2, -0.15) is 0 Å². The van der Waals surface area contributed by atoms with Crippen molar-refractivity contribution in [2.75, 3.05) is 14.1 Å². The summed E-state index contributed by atoms with van der Waals surface area (Å²) in [6.07, 6.45) is -1.12. The smallest absolute Gasteiger partial charge is 0.328 e. The highest BCUT2D eigenvalue weighted by Gasteiger charge is 2.25. The summed E-state index contributed by atoms with van der Waals surface area (Å²) in [4.78, 5) is 22.7. The molecule has 6 heteroatoms. The SMILES string of the molecule is C[C@@H](O)[C@H](NC(=O)N(C)C)C(=O)O. The summed E-state index contributed by atoms with van der Waals surface area (Å²) in [6, 6.07) is -1.82. The molecule has 2 amide bonds. The number of aliphatic hydroxyl groups excluding tert-OH is 1. The quantitative estimate of drug-likeness (QED) is 0.537. The third kappa shape index (κ3) is 3.75. The number of carbonyl (C=O) groups excluding carboxylic acids is 1. The summed E-state index contributed by atoms with van der Waals surface area (Å²) in [5, 5.41) is 19.7. The van der Waals surface area contributed by atoms with E-state index in [1.807, 2.05) is 0 Å². The van der Waals surface area contributed by atoms with Crippen molar-refractivity contribution >= 4 is 12.0 Å². The van der Waals surface area contributed by atoms with Gasteiger partial charge in [-0.15, -0.1) is 0 Å². The van der Waals surface area contributed by atoms with Gasteiger partial charge in [-0.05, 0) is 6.92 Å². The highest BCUT2D eigenvalue weighted by molar-refractivity contribution is 5.82. The summed E-state index contributed by atoms with van der Waals surface area (Å²) in [5.74, 6) is -1.26. The molecule has 6 nitrogen and oxygen atoms in total. The van der Waals surface area contributed by atoms with E-state index in [0.717, 1.165) is 0 Å². The molecule has 0 saturated carbocycles. The lowest BCUT2D eigenvalue weighted by Gasteiger charge is -2.19. The molecule has 0 spiro atoms. The van der Waals surface area contributed by atoms with Crippen LogP contribution >= 0.6 is 0 Å². The van der Waals surface area contributed by atoms with Gasteiger partial charge in [0.15, 0.2) is 6.04 Å². The fourth-order valence-electron chi connectivity index (χ4n) is 0.651. The first-order valence-electron chi connectivity index (χ1n) is 3.75. The molecular weight excluding hydrogens is 176 g/mol. The lowest BCUT2D eigenvalue weighted by molar-refractivity contribution is -0.141. The minimum Gasteiger partial charge on any atom is -0.480 e. The summed E-state index contributed by atoms with van der Waals surface area (Å²) < 4.78 is 0. The van der Waals surface area contributed by atoms with Gasteiger partial charge in [-0.3, -0.25) is 0 Å². The Bertz CT molecular complexity index is 203. The standard InChI is InChI=1S/C7H14N2O4/c1-4(10)5(6(11)12)8-7(13)9(2)3/h4-5,10H,1-3H3,(H,8,13)(H,11,12)/t4-,5+/m1/s1. The molecule has 0 aliphatic carbocycles. The van der Waals surface area contributed by atoms with Gasteiger partial charge >= 0.3 is 12.0 Å². The van der Waals surface area contributed by atoms with E-state index in [1.165, 1.54) is 25.9 Å². The zero-order valence-corrected chi connectivity index (χ0v) is 7.81. The van der Waals surface area contributed by atoms with Crippen LogP contribution in [0.25, 0.3) is 0 Å². The Labute approximate surface area is 76.2 Å². The predicted octanol–water partition coefficient (Wildman–Crippen LogP) is -0.908. The van der Waals surface area contributed by atoms with Crippen LogP contribution in [0.3, 0.4) is 0 Å². The summed E-state index contributed by atoms with van der Waals surface area (Å²) >= 11 is 0. The number of nitrogens with zero attached hydrogens (tertiary/aromatic N) is 1. The van der Waals surface area contributed by atoms with Gasteiger partial charge in [0, 0.05) is 14.1 Å². The van der Waals surface area contributed by atoms with Gasteiger partial charge in [0.1, 0.15) is 0 Å². The third-order valence-electron chi connectivity index (χ3n) is 1.43. The Kier molecular flexibility index (Phi) is 4.19. The van der Waals surface area contributed by atoms with Crippen LogP contribution < -0.4 is 5.32 Å². The molecule has 0 bridgehead atoms. The van der Waals surface area contributed by atoms with Crippen LogP contribution in [0.2, 0.25) is 0 Å². The van der Waals surface area contributed by atoms with Crippen LogP contribution in [-0.4, -0.2) is 53.4 Å². The van der Waals surface area contributed by atoms with E-state index in [0.29, 0.717) is 0 Å². The molecule has 0 saturated heterocycles. The number of urea groups is 1. The van der Waals surface area contributed by atoms with Gasteiger partial charge < -0.3 is 20.4 Å². The molecular formula is C7H14N2O4. The Morgan fingerprint density at radius 2 is 1.85 bits per heavy atom. The molecule has 0 aromatic heterocycles. The van der Waals surface area contributed by atoms with E-state index in [4.69, 9.17) is 10.2 Å². The minimum absolute atomic E-state index is 0.548. The Balaban J connectivity index is 4.27. The van der Waals surface area contributed by atoms with E-state index >= 15 is 0 Å². The van der Waals surface area contributed by atoms with Gasteiger partial charge in [-0.1, -0.05) is 0 Å². The molecule has 0 fully saturated rings. The number of carbonyl (C=O) groups is 2. The van der Waals surface area contributed by atoms with Crippen molar-refractivity contribution in [3.63, 3.8) is 0 Å². The molecule has 0 rings (SSSR count). The van der Waals surface area contributed by atoms with E-state index in [1.54, 1.807) is 0 Å². The maximum Gasteiger partial charge on any atom is 0.328 e. The molecule has 3 N–H and O–H groups in total. The molecule has 0 heterocycles. The number of nitrogens with one attached hydrogen (secondary N) is 1. The van der Waals surface area contributed by atoms with Gasteiger partial charge in [0.2, 0.25) is 0 Å². The number of rotatable bonds is 3. The second-order valence-corrected chi connectivity index (χ2v) is 2.90.